The molecule has 0 bridgehead atoms. The van der Waals surface area contributed by atoms with Gasteiger partial charge in [-0.05, 0) is 75.2 Å². The van der Waals surface area contributed by atoms with Crippen molar-refractivity contribution in [1.82, 2.24) is 9.13 Å². The Labute approximate surface area is 262 Å². The first-order valence-electron chi connectivity index (χ1n) is 13.9. The van der Waals surface area contributed by atoms with Crippen LogP contribution in [-0.2, 0) is 16.1 Å². The second-order valence-electron chi connectivity index (χ2n) is 10.8. The van der Waals surface area contributed by atoms with E-state index >= 15 is 0 Å². The monoisotopic (exact) mass is 629 g/mol. The zero-order valence-electron chi connectivity index (χ0n) is 24.1. The van der Waals surface area contributed by atoms with E-state index in [4.69, 9.17) is 32.9 Å². The number of thiazole rings is 1. The van der Waals surface area contributed by atoms with Crippen LogP contribution < -0.4 is 14.9 Å². The minimum absolute atomic E-state index is 0.222. The highest BCUT2D eigenvalue weighted by molar-refractivity contribution is 7.07. The summed E-state index contributed by atoms with van der Waals surface area (Å²) in [7, 11) is 0. The first-order chi connectivity index (χ1) is 20.6. The normalized spacial score (nSPS) is 15.2. The van der Waals surface area contributed by atoms with Crippen LogP contribution in [0.25, 0.3) is 17.0 Å². The van der Waals surface area contributed by atoms with Crippen molar-refractivity contribution in [2.75, 3.05) is 0 Å². The topological polar surface area (TPSA) is 65.6 Å². The lowest BCUT2D eigenvalue weighted by Gasteiger charge is -2.25. The molecule has 3 heterocycles. The average molecular weight is 631 g/mol. The van der Waals surface area contributed by atoms with Gasteiger partial charge in [-0.25, -0.2) is 9.79 Å². The van der Waals surface area contributed by atoms with Crippen molar-refractivity contribution in [1.29, 1.82) is 0 Å². The molecule has 1 aliphatic heterocycles. The standard InChI is InChI=1S/C34H29Cl2N3O3S/c1-19(2)42-33(41)30-20(3)37-34-39(31(30)23-11-15-25(36)16-12-23)32(40)29(43-34)17-27-21(4)38(28-8-6-5-7-26(27)28)18-22-9-13-24(35)14-10-22/h5-17,19,31H,18H2,1-4H3/b29-17-/t31-/m0/s1. The molecular formula is C34H29Cl2N3O3S. The fourth-order valence-corrected chi connectivity index (χ4v) is 6.85. The molecule has 0 aliphatic carbocycles. The average Bonchev–Trinajstić information content (AvgIpc) is 3.42. The van der Waals surface area contributed by atoms with Gasteiger partial charge >= 0.3 is 5.97 Å². The molecule has 0 saturated heterocycles. The van der Waals surface area contributed by atoms with Crippen LogP contribution in [0.2, 0.25) is 10.0 Å². The maximum atomic E-state index is 14.2. The predicted octanol–water partition coefficient (Wildman–Crippen LogP) is 6.81. The Morgan fingerprint density at radius 3 is 2.33 bits per heavy atom. The third-order valence-electron chi connectivity index (χ3n) is 7.58. The van der Waals surface area contributed by atoms with Gasteiger partial charge in [0.05, 0.1) is 27.9 Å². The molecule has 43 heavy (non-hydrogen) atoms. The van der Waals surface area contributed by atoms with Gasteiger partial charge < -0.3 is 9.30 Å². The molecule has 9 heteroatoms. The molecule has 3 aromatic carbocycles. The molecule has 0 amide bonds. The summed E-state index contributed by atoms with van der Waals surface area (Å²) in [5.74, 6) is -0.494. The highest BCUT2D eigenvalue weighted by Crippen LogP contribution is 2.32. The molecule has 0 N–H and O–H groups in total. The third kappa shape index (κ3) is 5.49. The number of benzene rings is 3. The number of carbonyl (C=O) groups is 1. The van der Waals surface area contributed by atoms with Gasteiger partial charge in [0.1, 0.15) is 0 Å². The van der Waals surface area contributed by atoms with E-state index in [1.54, 1.807) is 37.5 Å². The number of para-hydroxylation sites is 1. The van der Waals surface area contributed by atoms with E-state index in [-0.39, 0.29) is 11.7 Å². The molecule has 218 valence electrons. The molecule has 2 aromatic heterocycles. The van der Waals surface area contributed by atoms with Gasteiger partial charge in [-0.2, -0.15) is 0 Å². The summed E-state index contributed by atoms with van der Waals surface area (Å²) >= 11 is 13.6. The molecule has 0 unspecified atom stereocenters. The zero-order valence-corrected chi connectivity index (χ0v) is 26.4. The highest BCUT2D eigenvalue weighted by Gasteiger charge is 2.33. The second kappa shape index (κ2) is 11.6. The zero-order chi connectivity index (χ0) is 30.4. The first kappa shape index (κ1) is 29.2. The van der Waals surface area contributed by atoms with Gasteiger partial charge in [0, 0.05) is 38.8 Å². The number of hydrogen-bond donors (Lipinski definition) is 0. The van der Waals surface area contributed by atoms with E-state index < -0.39 is 12.0 Å². The lowest BCUT2D eigenvalue weighted by Crippen LogP contribution is -2.40. The Morgan fingerprint density at radius 1 is 1.00 bits per heavy atom. The number of nitrogens with zero attached hydrogens (tertiary/aromatic N) is 3. The SMILES string of the molecule is CC1=C(C(=O)OC(C)C)[C@H](c2ccc(Cl)cc2)n2c(s/c(=C\c3c(C)n(Cc4ccc(Cl)cc4)c4ccccc34)c2=O)=N1. The van der Waals surface area contributed by atoms with Crippen molar-refractivity contribution in [2.45, 2.75) is 46.4 Å². The first-order valence-corrected chi connectivity index (χ1v) is 15.5. The lowest BCUT2D eigenvalue weighted by atomic mass is 9.96. The van der Waals surface area contributed by atoms with Crippen molar-refractivity contribution in [3.63, 3.8) is 0 Å². The van der Waals surface area contributed by atoms with E-state index in [1.165, 1.54) is 11.3 Å². The Hall–Kier alpha value is -3.91. The molecule has 0 spiro atoms. The van der Waals surface area contributed by atoms with E-state index in [9.17, 15) is 9.59 Å². The summed E-state index contributed by atoms with van der Waals surface area (Å²) in [6, 6.07) is 22.5. The minimum atomic E-state index is -0.700. The van der Waals surface area contributed by atoms with Gasteiger partial charge in [0.2, 0.25) is 0 Å². The Bertz CT molecular complexity index is 2090. The minimum Gasteiger partial charge on any atom is -0.459 e. The van der Waals surface area contributed by atoms with E-state index in [0.717, 1.165) is 33.3 Å². The van der Waals surface area contributed by atoms with Crippen LogP contribution in [0.3, 0.4) is 0 Å². The number of aromatic nitrogens is 2. The van der Waals surface area contributed by atoms with Crippen molar-refractivity contribution in [3.8, 4) is 0 Å². The summed E-state index contributed by atoms with van der Waals surface area (Å²) in [5, 5.41) is 2.31. The van der Waals surface area contributed by atoms with Crippen LogP contribution in [0.5, 0.6) is 0 Å². The van der Waals surface area contributed by atoms with E-state index in [2.05, 4.69) is 23.6 Å². The second-order valence-corrected chi connectivity index (χ2v) is 12.7. The molecule has 0 radical (unpaired) electrons. The third-order valence-corrected chi connectivity index (χ3v) is 9.07. The number of ether oxygens (including phenoxy) is 1. The molecule has 0 saturated carbocycles. The van der Waals surface area contributed by atoms with Crippen molar-refractivity contribution in [3.05, 3.63) is 136 Å². The summed E-state index contributed by atoms with van der Waals surface area (Å²) in [5.41, 5.74) is 5.58. The highest BCUT2D eigenvalue weighted by atomic mass is 35.5. The number of esters is 1. The van der Waals surface area contributed by atoms with Gasteiger partial charge in [-0.15, -0.1) is 0 Å². The van der Waals surface area contributed by atoms with Crippen molar-refractivity contribution < 1.29 is 9.53 Å². The van der Waals surface area contributed by atoms with Gasteiger partial charge in [-0.1, -0.05) is 77.0 Å². The van der Waals surface area contributed by atoms with Crippen LogP contribution >= 0.6 is 34.5 Å². The number of allylic oxidation sites excluding steroid dienone is 1. The molecule has 6 rings (SSSR count). The number of rotatable bonds is 6. The van der Waals surface area contributed by atoms with Gasteiger partial charge in [0.25, 0.3) is 5.56 Å². The predicted molar refractivity (Wildman–Crippen MR) is 174 cm³/mol. The molecule has 0 fully saturated rings. The van der Waals surface area contributed by atoms with E-state index in [0.29, 0.717) is 37.2 Å². The smallest absolute Gasteiger partial charge is 0.338 e. The van der Waals surface area contributed by atoms with Crippen molar-refractivity contribution in [2.24, 2.45) is 4.99 Å². The Morgan fingerprint density at radius 2 is 1.65 bits per heavy atom. The summed E-state index contributed by atoms with van der Waals surface area (Å²) in [4.78, 5) is 32.8. The quantitative estimate of drug-likeness (QED) is 0.194. The summed E-state index contributed by atoms with van der Waals surface area (Å²) < 4.78 is 9.99. The fourth-order valence-electron chi connectivity index (χ4n) is 5.57. The summed E-state index contributed by atoms with van der Waals surface area (Å²) in [6.45, 7) is 8.11. The van der Waals surface area contributed by atoms with Gasteiger partial charge in [0.15, 0.2) is 4.80 Å². The molecule has 5 aromatic rings. The molecular weight excluding hydrogens is 601 g/mol. The van der Waals surface area contributed by atoms with Crippen LogP contribution in [0.15, 0.2) is 93.9 Å². The summed E-state index contributed by atoms with van der Waals surface area (Å²) in [6.07, 6.45) is 1.63. The van der Waals surface area contributed by atoms with Crippen LogP contribution in [-0.4, -0.2) is 21.2 Å². The maximum absolute atomic E-state index is 14.2. The molecule has 1 atom stereocenters. The largest absolute Gasteiger partial charge is 0.459 e. The van der Waals surface area contributed by atoms with Crippen LogP contribution in [0, 0.1) is 6.92 Å². The number of hydrogen-bond acceptors (Lipinski definition) is 5. The molecule has 1 aliphatic rings. The lowest BCUT2D eigenvalue weighted by molar-refractivity contribution is -0.143. The Kier molecular flexibility index (Phi) is 7.90. The van der Waals surface area contributed by atoms with E-state index in [1.807, 2.05) is 54.6 Å². The number of fused-ring (bicyclic) bond motifs is 2. The van der Waals surface area contributed by atoms with Gasteiger partial charge in [-0.3, -0.25) is 9.36 Å². The molecule has 6 nitrogen and oxygen atoms in total. The van der Waals surface area contributed by atoms with Crippen LogP contribution in [0.4, 0.5) is 0 Å². The number of carbonyl (C=O) groups excluding carboxylic acids is 1. The Balaban J connectivity index is 1.53. The fraction of sp³-hybridized carbons (Fsp3) is 0.206. The number of halogens is 2. The van der Waals surface area contributed by atoms with Crippen molar-refractivity contribution >= 4 is 57.5 Å². The van der Waals surface area contributed by atoms with Crippen LogP contribution in [0.1, 0.15) is 49.2 Å². The maximum Gasteiger partial charge on any atom is 0.338 e.